The maximum absolute atomic E-state index is 13.1. The van der Waals surface area contributed by atoms with Gasteiger partial charge in [0.2, 0.25) is 11.8 Å². The molecule has 0 aliphatic carbocycles. The molecule has 0 saturated carbocycles. The lowest BCUT2D eigenvalue weighted by Gasteiger charge is -2.43. The second-order valence-corrected chi connectivity index (χ2v) is 10.7. The van der Waals surface area contributed by atoms with Crippen LogP contribution >= 0.6 is 0 Å². The first-order chi connectivity index (χ1) is 17.7. The Bertz CT molecular complexity index is 1270. The van der Waals surface area contributed by atoms with E-state index in [4.69, 9.17) is 9.47 Å². The Hall–Kier alpha value is -2.97. The third kappa shape index (κ3) is 4.73. The quantitative estimate of drug-likeness (QED) is 0.327. The van der Waals surface area contributed by atoms with Gasteiger partial charge in [-0.15, -0.1) is 0 Å². The zero-order valence-electron chi connectivity index (χ0n) is 22.1. The highest BCUT2D eigenvalue weighted by Gasteiger charge is 2.40. The monoisotopic (exact) mass is 497 g/mol. The average molecular weight is 497 g/mol. The first-order valence-corrected chi connectivity index (χ1v) is 13.0. The molecule has 3 aliphatic rings. The number of carbonyl (C=O) groups excluding carboxylic acids is 3. The standard InChI is InChI=1S/C25H31B4N3O5/c26-21-14(4-5-17(22(21)27)25(28,29)31-8-10-36-11-9-31)13-37-19-3-1-2-15-16(19)12-32(24(15)35)18-6-7-20(33)30-23(18)34/h1-5,18H,6-13,26-29H2,(H,30,33,34). The number of hydrogen-bond acceptors (Lipinski definition) is 6. The third-order valence-corrected chi connectivity index (χ3v) is 8.28. The highest BCUT2D eigenvalue weighted by molar-refractivity contribution is 6.52. The molecule has 2 fully saturated rings. The number of nitrogens with zero attached hydrogens (tertiary/aromatic N) is 2. The van der Waals surface area contributed by atoms with Gasteiger partial charge in [0.1, 0.15) is 49.8 Å². The van der Waals surface area contributed by atoms with Gasteiger partial charge in [0.15, 0.2) is 0 Å². The number of nitrogens with one attached hydrogen (secondary N) is 1. The molecule has 188 valence electrons. The van der Waals surface area contributed by atoms with Crippen molar-refractivity contribution in [2.45, 2.75) is 37.4 Å². The normalized spacial score (nSPS) is 20.6. The molecule has 12 heteroatoms. The number of amides is 3. The van der Waals surface area contributed by atoms with E-state index in [9.17, 15) is 14.4 Å². The summed E-state index contributed by atoms with van der Waals surface area (Å²) in [5.74, 6) is -0.252. The Kier molecular flexibility index (Phi) is 6.98. The van der Waals surface area contributed by atoms with Crippen molar-refractivity contribution in [1.29, 1.82) is 0 Å². The fourth-order valence-electron chi connectivity index (χ4n) is 5.84. The molecule has 37 heavy (non-hydrogen) atoms. The Labute approximate surface area is 221 Å². The number of fused-ring (bicyclic) bond motifs is 1. The molecule has 3 aliphatic heterocycles. The van der Waals surface area contributed by atoms with Gasteiger partial charge in [0.05, 0.1) is 19.8 Å². The highest BCUT2D eigenvalue weighted by atomic mass is 16.5. The van der Waals surface area contributed by atoms with Gasteiger partial charge in [-0.25, -0.2) is 0 Å². The first kappa shape index (κ1) is 25.7. The number of piperidine rings is 1. The van der Waals surface area contributed by atoms with Crippen LogP contribution in [-0.4, -0.2) is 91.3 Å². The van der Waals surface area contributed by atoms with Gasteiger partial charge in [-0.05, 0) is 29.5 Å². The summed E-state index contributed by atoms with van der Waals surface area (Å²) in [4.78, 5) is 41.1. The predicted molar refractivity (Wildman–Crippen MR) is 151 cm³/mol. The second kappa shape index (κ2) is 10.1. The molecule has 0 bridgehead atoms. The largest absolute Gasteiger partial charge is 0.489 e. The number of morpholine rings is 1. The van der Waals surface area contributed by atoms with Crippen LogP contribution in [0.1, 0.15) is 39.9 Å². The van der Waals surface area contributed by atoms with Crippen molar-refractivity contribution in [1.82, 2.24) is 15.1 Å². The van der Waals surface area contributed by atoms with Gasteiger partial charge in [-0.2, -0.15) is 0 Å². The lowest BCUT2D eigenvalue weighted by atomic mass is 9.53. The van der Waals surface area contributed by atoms with Crippen LogP contribution in [-0.2, 0) is 32.8 Å². The van der Waals surface area contributed by atoms with E-state index in [2.05, 4.69) is 53.7 Å². The Morgan fingerprint density at radius 3 is 2.54 bits per heavy atom. The summed E-state index contributed by atoms with van der Waals surface area (Å²) in [7, 11) is 8.85. The van der Waals surface area contributed by atoms with Crippen LogP contribution in [0, 0.1) is 0 Å². The number of carbonyl (C=O) groups is 3. The van der Waals surface area contributed by atoms with Crippen LogP contribution in [0.5, 0.6) is 5.75 Å². The minimum absolute atomic E-state index is 0.0991. The third-order valence-electron chi connectivity index (χ3n) is 8.28. The van der Waals surface area contributed by atoms with Crippen molar-refractivity contribution in [2.75, 3.05) is 26.3 Å². The summed E-state index contributed by atoms with van der Waals surface area (Å²) in [5.41, 5.74) is 6.21. The molecule has 3 heterocycles. The molecule has 0 spiro atoms. The highest BCUT2D eigenvalue weighted by Crippen LogP contribution is 2.34. The van der Waals surface area contributed by atoms with Crippen LogP contribution in [0.25, 0.3) is 0 Å². The maximum Gasteiger partial charge on any atom is 0.255 e. The molecule has 3 amide bonds. The van der Waals surface area contributed by atoms with Crippen molar-refractivity contribution >= 4 is 60.0 Å². The van der Waals surface area contributed by atoms with E-state index in [1.165, 1.54) is 16.5 Å². The molecule has 0 radical (unpaired) electrons. The molecular weight excluding hydrogens is 466 g/mol. The van der Waals surface area contributed by atoms with Crippen molar-refractivity contribution < 1.29 is 23.9 Å². The van der Waals surface area contributed by atoms with Gasteiger partial charge >= 0.3 is 0 Å². The number of rotatable bonds is 6. The number of hydrogen-bond donors (Lipinski definition) is 1. The van der Waals surface area contributed by atoms with E-state index >= 15 is 0 Å². The minimum Gasteiger partial charge on any atom is -0.489 e. The minimum atomic E-state index is -0.641. The van der Waals surface area contributed by atoms with Crippen LogP contribution in [0.15, 0.2) is 30.3 Å². The Morgan fingerprint density at radius 1 is 1.05 bits per heavy atom. The molecule has 1 N–H and O–H groups in total. The molecule has 1 atom stereocenters. The smallest absolute Gasteiger partial charge is 0.255 e. The summed E-state index contributed by atoms with van der Waals surface area (Å²) in [6.45, 7) is 4.04. The molecule has 2 saturated heterocycles. The van der Waals surface area contributed by atoms with E-state index in [0.717, 1.165) is 37.4 Å². The second-order valence-electron chi connectivity index (χ2n) is 10.7. The predicted octanol–water partition coefficient (Wildman–Crippen LogP) is -3.75. The average Bonchev–Trinajstić information content (AvgIpc) is 3.22. The summed E-state index contributed by atoms with van der Waals surface area (Å²) >= 11 is 0. The van der Waals surface area contributed by atoms with Crippen molar-refractivity contribution in [2.24, 2.45) is 0 Å². The van der Waals surface area contributed by atoms with E-state index < -0.39 is 11.9 Å². The van der Waals surface area contributed by atoms with Gasteiger partial charge in [-0.3, -0.25) is 19.7 Å². The van der Waals surface area contributed by atoms with E-state index in [-0.39, 0.29) is 23.6 Å². The van der Waals surface area contributed by atoms with Gasteiger partial charge in [0.25, 0.3) is 5.91 Å². The van der Waals surface area contributed by atoms with Gasteiger partial charge in [-0.1, -0.05) is 34.7 Å². The van der Waals surface area contributed by atoms with Crippen LogP contribution < -0.4 is 21.0 Å². The maximum atomic E-state index is 13.1. The van der Waals surface area contributed by atoms with Gasteiger partial charge < -0.3 is 19.3 Å². The van der Waals surface area contributed by atoms with Crippen molar-refractivity contribution in [3.05, 3.63) is 52.6 Å². The molecule has 2 aromatic carbocycles. The molecule has 0 aromatic heterocycles. The zero-order valence-corrected chi connectivity index (χ0v) is 22.1. The molecular formula is C25H31B4N3O5. The lowest BCUT2D eigenvalue weighted by molar-refractivity contribution is -0.136. The first-order valence-electron chi connectivity index (χ1n) is 13.0. The van der Waals surface area contributed by atoms with Crippen LogP contribution in [0.2, 0.25) is 0 Å². The SMILES string of the molecule is Bc1c(COc2cccc3c2CN(C2CCC(=O)NC2=O)C3=O)ccc(C(B)(B)N2CCOCC2)c1B. The lowest BCUT2D eigenvalue weighted by Crippen LogP contribution is -2.55. The molecule has 2 aromatic rings. The fraction of sp³-hybridized carbons (Fsp3) is 0.400. The fourth-order valence-corrected chi connectivity index (χ4v) is 5.84. The van der Waals surface area contributed by atoms with Crippen molar-refractivity contribution in [3.8, 4) is 5.75 Å². The number of imide groups is 1. The Balaban J connectivity index is 1.33. The Morgan fingerprint density at radius 2 is 1.81 bits per heavy atom. The summed E-state index contributed by atoms with van der Waals surface area (Å²) in [6, 6.07) is 9.17. The summed E-state index contributed by atoms with van der Waals surface area (Å²) in [5, 5.41) is 2.25. The van der Waals surface area contributed by atoms with Crippen LogP contribution in [0.3, 0.4) is 0 Å². The zero-order chi connectivity index (χ0) is 26.3. The van der Waals surface area contributed by atoms with Gasteiger partial charge in [0, 0.05) is 30.6 Å². The van der Waals surface area contributed by atoms with Crippen LogP contribution in [0.4, 0.5) is 0 Å². The topological polar surface area (TPSA) is 88.2 Å². The van der Waals surface area contributed by atoms with E-state index in [1.54, 1.807) is 11.0 Å². The summed E-state index contributed by atoms with van der Waals surface area (Å²) < 4.78 is 11.8. The molecule has 8 nitrogen and oxygen atoms in total. The number of benzene rings is 2. The van der Waals surface area contributed by atoms with E-state index in [0.29, 0.717) is 30.9 Å². The molecule has 1 unspecified atom stereocenters. The summed E-state index contributed by atoms with van der Waals surface area (Å²) in [6.07, 6.45) is 0.572. The molecule has 5 rings (SSSR count). The van der Waals surface area contributed by atoms with E-state index in [1.807, 2.05) is 12.1 Å². The number of ether oxygens (including phenoxy) is 2. The van der Waals surface area contributed by atoms with Crippen molar-refractivity contribution in [3.63, 3.8) is 0 Å².